The Labute approximate surface area is 162 Å². The molecule has 2 nitrogen and oxygen atoms in total. The van der Waals surface area contributed by atoms with Crippen molar-refractivity contribution < 1.29 is 22.6 Å². The molecular weight excluding hydrogens is 365 g/mol. The van der Waals surface area contributed by atoms with Gasteiger partial charge in [0.15, 0.2) is 0 Å². The van der Waals surface area contributed by atoms with E-state index < -0.39 is 6.36 Å². The van der Waals surface area contributed by atoms with Crippen LogP contribution in [-0.2, 0) is 0 Å². The smallest absolute Gasteiger partial charge is 0.493 e. The van der Waals surface area contributed by atoms with E-state index >= 15 is 0 Å². The number of terminal acetylenes is 1. The van der Waals surface area contributed by atoms with Gasteiger partial charge in [0.1, 0.15) is 11.5 Å². The molecule has 0 saturated heterocycles. The first-order chi connectivity index (χ1) is 13.4. The molecule has 2 aromatic carbocycles. The average molecular weight is 384 g/mol. The van der Waals surface area contributed by atoms with Gasteiger partial charge in [-0.2, -0.15) is 0 Å². The van der Waals surface area contributed by atoms with Gasteiger partial charge in [-0.15, -0.1) is 19.6 Å². The molecule has 28 heavy (non-hydrogen) atoms. The van der Waals surface area contributed by atoms with E-state index in [1.54, 1.807) is 30.3 Å². The summed E-state index contributed by atoms with van der Waals surface area (Å²) in [5.74, 6) is 3.33. The standard InChI is InChI=1S/C23H19F3O2/c1-3-17-7-12-22(27-14-13-18-6-4-5-16(18)2)21(15-17)19-8-10-20(11-9-19)28-23(24,25)26/h1,4-12,15-16H,13-14H2,2H3. The van der Waals surface area contributed by atoms with Gasteiger partial charge < -0.3 is 9.47 Å². The molecule has 1 unspecified atom stereocenters. The number of benzene rings is 2. The van der Waals surface area contributed by atoms with Crippen molar-refractivity contribution in [2.45, 2.75) is 19.7 Å². The van der Waals surface area contributed by atoms with Crippen molar-refractivity contribution >= 4 is 0 Å². The van der Waals surface area contributed by atoms with E-state index in [2.05, 4.69) is 29.7 Å². The molecule has 0 spiro atoms. The van der Waals surface area contributed by atoms with Gasteiger partial charge in [0.25, 0.3) is 0 Å². The van der Waals surface area contributed by atoms with Gasteiger partial charge in [-0.1, -0.05) is 48.8 Å². The monoisotopic (exact) mass is 384 g/mol. The summed E-state index contributed by atoms with van der Waals surface area (Å²) in [6.45, 7) is 2.63. The molecule has 5 heteroatoms. The minimum absolute atomic E-state index is 0.276. The highest BCUT2D eigenvalue weighted by molar-refractivity contribution is 5.72. The van der Waals surface area contributed by atoms with E-state index in [4.69, 9.17) is 11.2 Å². The topological polar surface area (TPSA) is 18.5 Å². The van der Waals surface area contributed by atoms with Gasteiger partial charge in [-0.05, 0) is 41.8 Å². The Morgan fingerprint density at radius 3 is 2.46 bits per heavy atom. The zero-order valence-corrected chi connectivity index (χ0v) is 15.3. The molecule has 1 aliphatic rings. The maximum Gasteiger partial charge on any atom is 0.573 e. The molecule has 0 radical (unpaired) electrons. The summed E-state index contributed by atoms with van der Waals surface area (Å²) in [5, 5.41) is 0. The van der Waals surface area contributed by atoms with Gasteiger partial charge in [-0.3, -0.25) is 0 Å². The molecule has 1 atom stereocenters. The Balaban J connectivity index is 1.78. The third kappa shape index (κ3) is 4.98. The normalized spacial score (nSPS) is 15.8. The van der Waals surface area contributed by atoms with Crippen molar-refractivity contribution in [2.24, 2.45) is 5.92 Å². The van der Waals surface area contributed by atoms with Gasteiger partial charge in [-0.25, -0.2) is 0 Å². The van der Waals surface area contributed by atoms with E-state index in [0.29, 0.717) is 29.4 Å². The zero-order chi connectivity index (χ0) is 20.1. The van der Waals surface area contributed by atoms with Gasteiger partial charge in [0.2, 0.25) is 0 Å². The van der Waals surface area contributed by atoms with Crippen LogP contribution in [0.25, 0.3) is 11.1 Å². The highest BCUT2D eigenvalue weighted by atomic mass is 19.4. The molecule has 0 fully saturated rings. The van der Waals surface area contributed by atoms with Crippen LogP contribution in [0.2, 0.25) is 0 Å². The van der Waals surface area contributed by atoms with Crippen LogP contribution in [0.1, 0.15) is 18.9 Å². The highest BCUT2D eigenvalue weighted by Gasteiger charge is 2.31. The Morgan fingerprint density at radius 2 is 1.86 bits per heavy atom. The number of hydrogen-bond acceptors (Lipinski definition) is 2. The molecule has 0 amide bonds. The fourth-order valence-corrected chi connectivity index (χ4v) is 3.02. The lowest BCUT2D eigenvalue weighted by Gasteiger charge is -2.15. The second-order valence-corrected chi connectivity index (χ2v) is 6.44. The van der Waals surface area contributed by atoms with E-state index in [1.807, 2.05) is 6.08 Å². The first kappa shape index (κ1) is 19.6. The summed E-state index contributed by atoms with van der Waals surface area (Å²) in [6.07, 6.45) is 7.83. The van der Waals surface area contributed by atoms with E-state index in [9.17, 15) is 13.2 Å². The van der Waals surface area contributed by atoms with Crippen molar-refractivity contribution in [2.75, 3.05) is 6.61 Å². The van der Waals surface area contributed by atoms with Gasteiger partial charge in [0.05, 0.1) is 6.61 Å². The fraction of sp³-hybridized carbons (Fsp3) is 0.217. The molecule has 0 N–H and O–H groups in total. The summed E-state index contributed by atoms with van der Waals surface area (Å²) in [4.78, 5) is 0. The van der Waals surface area contributed by atoms with Crippen LogP contribution in [0.3, 0.4) is 0 Å². The predicted octanol–water partition coefficient (Wildman–Crippen LogP) is 6.13. The number of alkyl halides is 3. The zero-order valence-electron chi connectivity index (χ0n) is 15.3. The van der Waals surface area contributed by atoms with E-state index in [-0.39, 0.29) is 5.75 Å². The molecular formula is C23H19F3O2. The number of rotatable bonds is 6. The van der Waals surface area contributed by atoms with Crippen LogP contribution >= 0.6 is 0 Å². The van der Waals surface area contributed by atoms with Gasteiger partial charge in [0, 0.05) is 17.5 Å². The van der Waals surface area contributed by atoms with Crippen LogP contribution in [0, 0.1) is 18.3 Å². The molecule has 3 rings (SSSR count). The Kier molecular flexibility index (Phi) is 5.79. The summed E-state index contributed by atoms with van der Waals surface area (Å²) >= 11 is 0. The molecule has 0 aromatic heterocycles. The lowest BCUT2D eigenvalue weighted by atomic mass is 10.0. The lowest BCUT2D eigenvalue weighted by Crippen LogP contribution is -2.16. The van der Waals surface area contributed by atoms with Crippen molar-refractivity contribution in [3.05, 3.63) is 71.8 Å². The fourth-order valence-electron chi connectivity index (χ4n) is 3.02. The Hall–Kier alpha value is -3.13. The largest absolute Gasteiger partial charge is 0.573 e. The number of ether oxygens (including phenoxy) is 2. The van der Waals surface area contributed by atoms with Crippen molar-refractivity contribution in [1.82, 2.24) is 0 Å². The minimum atomic E-state index is -4.72. The molecule has 0 bridgehead atoms. The third-order valence-electron chi connectivity index (χ3n) is 4.49. The summed E-state index contributed by atoms with van der Waals surface area (Å²) in [5.41, 5.74) is 3.38. The summed E-state index contributed by atoms with van der Waals surface area (Å²) < 4.78 is 46.9. The SMILES string of the molecule is C#Cc1ccc(OCCC2=CC=CC2C)c(-c2ccc(OC(F)(F)F)cc2)c1. The molecule has 144 valence electrons. The lowest BCUT2D eigenvalue weighted by molar-refractivity contribution is -0.274. The Bertz CT molecular complexity index is 932. The number of halogens is 3. The number of allylic oxidation sites excluding steroid dienone is 3. The van der Waals surface area contributed by atoms with E-state index in [1.165, 1.54) is 17.7 Å². The second-order valence-electron chi connectivity index (χ2n) is 6.44. The van der Waals surface area contributed by atoms with E-state index in [0.717, 1.165) is 12.0 Å². The second kappa shape index (κ2) is 8.26. The molecule has 0 heterocycles. The summed E-state index contributed by atoms with van der Waals surface area (Å²) in [6, 6.07) is 11.0. The van der Waals surface area contributed by atoms with Crippen LogP contribution in [0.5, 0.6) is 11.5 Å². The first-order valence-corrected chi connectivity index (χ1v) is 8.82. The van der Waals surface area contributed by atoms with Crippen molar-refractivity contribution in [3.63, 3.8) is 0 Å². The quantitative estimate of drug-likeness (QED) is 0.558. The van der Waals surface area contributed by atoms with Crippen molar-refractivity contribution in [1.29, 1.82) is 0 Å². The molecule has 2 aromatic rings. The third-order valence-corrected chi connectivity index (χ3v) is 4.49. The summed E-state index contributed by atoms with van der Waals surface area (Å²) in [7, 11) is 0. The highest BCUT2D eigenvalue weighted by Crippen LogP contribution is 2.33. The van der Waals surface area contributed by atoms with Crippen LogP contribution in [0.15, 0.2) is 66.3 Å². The first-order valence-electron chi connectivity index (χ1n) is 8.82. The van der Waals surface area contributed by atoms with Gasteiger partial charge >= 0.3 is 6.36 Å². The van der Waals surface area contributed by atoms with Crippen molar-refractivity contribution in [3.8, 4) is 35.0 Å². The average Bonchev–Trinajstić information content (AvgIpc) is 3.06. The maximum atomic E-state index is 12.3. The molecule has 1 aliphatic carbocycles. The van der Waals surface area contributed by atoms with Crippen LogP contribution < -0.4 is 9.47 Å². The van der Waals surface area contributed by atoms with Crippen LogP contribution in [0.4, 0.5) is 13.2 Å². The number of hydrogen-bond donors (Lipinski definition) is 0. The molecule has 0 saturated carbocycles. The van der Waals surface area contributed by atoms with Crippen LogP contribution in [-0.4, -0.2) is 13.0 Å². The molecule has 0 aliphatic heterocycles. The minimum Gasteiger partial charge on any atom is -0.493 e. The Morgan fingerprint density at radius 1 is 1.11 bits per heavy atom. The maximum absolute atomic E-state index is 12.3. The predicted molar refractivity (Wildman–Crippen MR) is 103 cm³/mol.